The molecule has 0 atom stereocenters. The topological polar surface area (TPSA) is 12.0 Å². The molecule has 0 radical (unpaired) electrons. The van der Waals surface area contributed by atoms with E-state index in [4.69, 9.17) is 0 Å². The molecule has 0 amide bonds. The Labute approximate surface area is 98.6 Å². The summed E-state index contributed by atoms with van der Waals surface area (Å²) in [7, 11) is 0. The van der Waals surface area contributed by atoms with Crippen LogP contribution in [0.2, 0.25) is 0 Å². The molecule has 1 aromatic rings. The number of rotatable bonds is 4. The monoisotopic (exact) mass is 215 g/mol. The van der Waals surface area contributed by atoms with Crippen LogP contribution in [-0.4, -0.2) is 6.54 Å². The summed E-state index contributed by atoms with van der Waals surface area (Å²) in [5, 5.41) is 3.45. The van der Waals surface area contributed by atoms with Gasteiger partial charge in [0.25, 0.3) is 0 Å². The van der Waals surface area contributed by atoms with E-state index in [1.54, 1.807) is 11.1 Å². The van der Waals surface area contributed by atoms with Crippen LogP contribution in [0.15, 0.2) is 29.8 Å². The van der Waals surface area contributed by atoms with E-state index in [0.29, 0.717) is 0 Å². The van der Waals surface area contributed by atoms with Crippen molar-refractivity contribution in [3.63, 3.8) is 0 Å². The van der Waals surface area contributed by atoms with E-state index in [0.717, 1.165) is 13.1 Å². The lowest BCUT2D eigenvalue weighted by Crippen LogP contribution is -2.13. The van der Waals surface area contributed by atoms with Crippen molar-refractivity contribution >= 4 is 0 Å². The van der Waals surface area contributed by atoms with Crippen LogP contribution in [0, 0.1) is 0 Å². The lowest BCUT2D eigenvalue weighted by Gasteiger charge is -2.05. The number of nitrogens with one attached hydrogen (secondary N) is 1. The Morgan fingerprint density at radius 1 is 1.25 bits per heavy atom. The molecule has 86 valence electrons. The average molecular weight is 215 g/mol. The minimum absolute atomic E-state index is 0.972. The smallest absolute Gasteiger partial charge is 0.0208 e. The quantitative estimate of drug-likeness (QED) is 0.600. The molecule has 0 bridgehead atoms. The molecule has 0 heterocycles. The Bertz CT molecular complexity index is 386. The summed E-state index contributed by atoms with van der Waals surface area (Å²) < 4.78 is 0. The molecule has 0 unspecified atom stereocenters. The summed E-state index contributed by atoms with van der Waals surface area (Å²) >= 11 is 0. The molecule has 0 spiro atoms. The number of allylic oxidation sites excluding steroid dienone is 1. The van der Waals surface area contributed by atoms with Crippen molar-refractivity contribution in [3.8, 4) is 0 Å². The van der Waals surface area contributed by atoms with Crippen LogP contribution in [0.5, 0.6) is 0 Å². The fourth-order valence-electron chi connectivity index (χ4n) is 2.23. The van der Waals surface area contributed by atoms with E-state index in [1.807, 2.05) is 0 Å². The maximum atomic E-state index is 3.45. The van der Waals surface area contributed by atoms with Gasteiger partial charge in [-0.05, 0) is 49.8 Å². The van der Waals surface area contributed by atoms with Crippen LogP contribution in [-0.2, 0) is 19.4 Å². The SMILES string of the molecule is CC(C)=CCNCc1ccc2c(c1)CCC2. The molecular formula is C15H21N. The predicted molar refractivity (Wildman–Crippen MR) is 69.6 cm³/mol. The van der Waals surface area contributed by atoms with Crippen molar-refractivity contribution in [3.05, 3.63) is 46.5 Å². The van der Waals surface area contributed by atoms with Gasteiger partial charge in [0.15, 0.2) is 0 Å². The number of hydrogen-bond donors (Lipinski definition) is 1. The molecule has 0 fully saturated rings. The van der Waals surface area contributed by atoms with Gasteiger partial charge in [-0.2, -0.15) is 0 Å². The van der Waals surface area contributed by atoms with Gasteiger partial charge in [-0.15, -0.1) is 0 Å². The number of benzene rings is 1. The highest BCUT2D eigenvalue weighted by atomic mass is 14.8. The van der Waals surface area contributed by atoms with Crippen molar-refractivity contribution in [2.24, 2.45) is 0 Å². The van der Waals surface area contributed by atoms with Crippen LogP contribution < -0.4 is 5.32 Å². The molecule has 16 heavy (non-hydrogen) atoms. The molecule has 1 N–H and O–H groups in total. The highest BCUT2D eigenvalue weighted by molar-refractivity contribution is 5.35. The van der Waals surface area contributed by atoms with Crippen molar-refractivity contribution in [1.29, 1.82) is 0 Å². The first-order valence-electron chi connectivity index (χ1n) is 6.20. The first-order chi connectivity index (χ1) is 7.75. The normalized spacial score (nSPS) is 13.6. The number of aryl methyl sites for hydroxylation is 2. The summed E-state index contributed by atoms with van der Waals surface area (Å²) in [4.78, 5) is 0. The summed E-state index contributed by atoms with van der Waals surface area (Å²) in [5.74, 6) is 0. The van der Waals surface area contributed by atoms with Gasteiger partial charge in [0.05, 0.1) is 0 Å². The van der Waals surface area contributed by atoms with E-state index in [9.17, 15) is 0 Å². The standard InChI is InChI=1S/C15H21N/c1-12(2)8-9-16-11-13-6-7-14-4-3-5-15(14)10-13/h6-8,10,16H,3-5,9,11H2,1-2H3. The molecular weight excluding hydrogens is 194 g/mol. The van der Waals surface area contributed by atoms with Crippen molar-refractivity contribution in [2.45, 2.75) is 39.7 Å². The number of fused-ring (bicyclic) bond motifs is 1. The second-order valence-electron chi connectivity index (χ2n) is 4.87. The molecule has 0 aromatic heterocycles. The van der Waals surface area contributed by atoms with Gasteiger partial charge in [0, 0.05) is 13.1 Å². The largest absolute Gasteiger partial charge is 0.309 e. The van der Waals surface area contributed by atoms with Gasteiger partial charge < -0.3 is 5.32 Å². The third-order valence-electron chi connectivity index (χ3n) is 3.15. The molecule has 1 heteroatoms. The zero-order valence-corrected chi connectivity index (χ0v) is 10.3. The van der Waals surface area contributed by atoms with Crippen LogP contribution in [0.25, 0.3) is 0 Å². The molecule has 0 saturated carbocycles. The zero-order chi connectivity index (χ0) is 11.4. The maximum absolute atomic E-state index is 3.45. The van der Waals surface area contributed by atoms with Crippen LogP contribution in [0.4, 0.5) is 0 Å². The molecule has 1 aliphatic rings. The van der Waals surface area contributed by atoms with E-state index in [1.165, 1.54) is 30.4 Å². The first kappa shape index (κ1) is 11.4. The van der Waals surface area contributed by atoms with E-state index >= 15 is 0 Å². The molecule has 2 rings (SSSR count). The maximum Gasteiger partial charge on any atom is 0.0208 e. The first-order valence-corrected chi connectivity index (χ1v) is 6.20. The molecule has 1 aromatic carbocycles. The van der Waals surface area contributed by atoms with Gasteiger partial charge in [0.2, 0.25) is 0 Å². The highest BCUT2D eigenvalue weighted by Crippen LogP contribution is 2.22. The lowest BCUT2D eigenvalue weighted by atomic mass is 10.1. The van der Waals surface area contributed by atoms with Crippen LogP contribution in [0.3, 0.4) is 0 Å². The van der Waals surface area contributed by atoms with Crippen molar-refractivity contribution in [2.75, 3.05) is 6.54 Å². The minimum Gasteiger partial charge on any atom is -0.309 e. The molecule has 1 aliphatic carbocycles. The molecule has 0 aliphatic heterocycles. The van der Waals surface area contributed by atoms with Gasteiger partial charge in [-0.25, -0.2) is 0 Å². The van der Waals surface area contributed by atoms with Crippen molar-refractivity contribution < 1.29 is 0 Å². The Morgan fingerprint density at radius 3 is 2.88 bits per heavy atom. The highest BCUT2D eigenvalue weighted by Gasteiger charge is 2.10. The molecule has 1 nitrogen and oxygen atoms in total. The molecule has 0 saturated heterocycles. The van der Waals surface area contributed by atoms with E-state index in [2.05, 4.69) is 43.4 Å². The van der Waals surface area contributed by atoms with Crippen LogP contribution >= 0.6 is 0 Å². The van der Waals surface area contributed by atoms with Gasteiger partial charge in [0.1, 0.15) is 0 Å². The van der Waals surface area contributed by atoms with Crippen LogP contribution in [0.1, 0.15) is 37.0 Å². The van der Waals surface area contributed by atoms with Gasteiger partial charge >= 0.3 is 0 Å². The fraction of sp³-hybridized carbons (Fsp3) is 0.467. The summed E-state index contributed by atoms with van der Waals surface area (Å²) in [6.07, 6.45) is 6.12. The third kappa shape index (κ3) is 2.96. The minimum atomic E-state index is 0.972. The Balaban J connectivity index is 1.88. The Kier molecular flexibility index (Phi) is 3.79. The summed E-state index contributed by atoms with van der Waals surface area (Å²) in [5.41, 5.74) is 5.93. The Hall–Kier alpha value is -1.08. The zero-order valence-electron chi connectivity index (χ0n) is 10.3. The Morgan fingerprint density at radius 2 is 2.06 bits per heavy atom. The van der Waals surface area contributed by atoms with E-state index in [-0.39, 0.29) is 0 Å². The average Bonchev–Trinajstić information content (AvgIpc) is 2.71. The second kappa shape index (κ2) is 5.31. The second-order valence-corrected chi connectivity index (χ2v) is 4.87. The van der Waals surface area contributed by atoms with Gasteiger partial charge in [-0.3, -0.25) is 0 Å². The third-order valence-corrected chi connectivity index (χ3v) is 3.15. The predicted octanol–water partition coefficient (Wildman–Crippen LogP) is 3.23. The summed E-state index contributed by atoms with van der Waals surface area (Å²) in [6.45, 7) is 6.23. The van der Waals surface area contributed by atoms with Gasteiger partial charge in [-0.1, -0.05) is 29.8 Å². The summed E-state index contributed by atoms with van der Waals surface area (Å²) in [6, 6.07) is 6.94. The fourth-order valence-corrected chi connectivity index (χ4v) is 2.23. The number of hydrogen-bond acceptors (Lipinski definition) is 1. The lowest BCUT2D eigenvalue weighted by molar-refractivity contribution is 0.756. The van der Waals surface area contributed by atoms with Crippen molar-refractivity contribution in [1.82, 2.24) is 5.32 Å². The van der Waals surface area contributed by atoms with E-state index < -0.39 is 0 Å².